The van der Waals surface area contributed by atoms with Gasteiger partial charge in [0, 0.05) is 11.6 Å². The van der Waals surface area contributed by atoms with Gasteiger partial charge in [-0.1, -0.05) is 18.2 Å². The molecule has 0 bridgehead atoms. The lowest BCUT2D eigenvalue weighted by Crippen LogP contribution is -2.01. The van der Waals surface area contributed by atoms with E-state index in [0.717, 1.165) is 5.56 Å². The van der Waals surface area contributed by atoms with Crippen molar-refractivity contribution in [2.75, 3.05) is 14.2 Å². The molecule has 114 valence electrons. The second-order valence-corrected chi connectivity index (χ2v) is 4.78. The summed E-state index contributed by atoms with van der Waals surface area (Å²) >= 11 is 0. The minimum absolute atomic E-state index is 0.129. The number of allylic oxidation sites excluding steroid dienone is 1. The summed E-state index contributed by atoms with van der Waals surface area (Å²) in [7, 11) is 3.08. The Morgan fingerprint density at radius 2 is 1.77 bits per heavy atom. The molecule has 4 nitrogen and oxygen atoms in total. The van der Waals surface area contributed by atoms with E-state index in [9.17, 15) is 9.90 Å². The van der Waals surface area contributed by atoms with Crippen molar-refractivity contribution in [1.29, 1.82) is 0 Å². The molecule has 0 aliphatic carbocycles. The molecule has 0 amide bonds. The maximum atomic E-state index is 12.4. The number of hydrogen-bond acceptors (Lipinski definition) is 4. The van der Waals surface area contributed by atoms with E-state index in [2.05, 4.69) is 0 Å². The third-order valence-electron chi connectivity index (χ3n) is 3.33. The number of aromatic hydroxyl groups is 1. The highest BCUT2D eigenvalue weighted by molar-refractivity contribution is 6.09. The summed E-state index contributed by atoms with van der Waals surface area (Å²) in [5.74, 6) is 1.04. The largest absolute Gasteiger partial charge is 0.507 e. The molecule has 0 aliphatic heterocycles. The number of hydrogen-bond donors (Lipinski definition) is 1. The van der Waals surface area contributed by atoms with Gasteiger partial charge in [-0.05, 0) is 36.8 Å². The molecule has 0 spiro atoms. The van der Waals surface area contributed by atoms with E-state index in [1.807, 2.05) is 6.92 Å². The summed E-state index contributed by atoms with van der Waals surface area (Å²) in [5, 5.41) is 9.70. The molecule has 0 aliphatic rings. The van der Waals surface area contributed by atoms with Crippen LogP contribution in [-0.2, 0) is 0 Å². The van der Waals surface area contributed by atoms with Crippen LogP contribution >= 0.6 is 0 Å². The molecule has 1 N–H and O–H groups in total. The van der Waals surface area contributed by atoms with Gasteiger partial charge in [-0.3, -0.25) is 4.79 Å². The van der Waals surface area contributed by atoms with Gasteiger partial charge in [0.1, 0.15) is 17.2 Å². The highest BCUT2D eigenvalue weighted by Gasteiger charge is 2.13. The third-order valence-corrected chi connectivity index (χ3v) is 3.33. The summed E-state index contributed by atoms with van der Waals surface area (Å²) in [6.07, 6.45) is 3.00. The minimum atomic E-state index is -0.203. The van der Waals surface area contributed by atoms with Crippen LogP contribution in [0.25, 0.3) is 6.08 Å². The zero-order valence-electron chi connectivity index (χ0n) is 12.8. The first-order valence-electron chi connectivity index (χ1n) is 6.80. The van der Waals surface area contributed by atoms with E-state index in [1.165, 1.54) is 13.2 Å². The second kappa shape index (κ2) is 6.80. The SMILES string of the molecule is COc1cc(OC)c(C(=O)C=Cc2ccccc2O)cc1C. The fourth-order valence-corrected chi connectivity index (χ4v) is 2.13. The Balaban J connectivity index is 2.34. The van der Waals surface area contributed by atoms with E-state index in [0.29, 0.717) is 22.6 Å². The molecule has 0 heterocycles. The number of ether oxygens (including phenoxy) is 2. The quantitative estimate of drug-likeness (QED) is 0.676. The Kier molecular flexibility index (Phi) is 4.84. The van der Waals surface area contributed by atoms with Crippen molar-refractivity contribution in [2.45, 2.75) is 6.92 Å². The van der Waals surface area contributed by atoms with Crippen LogP contribution < -0.4 is 9.47 Å². The Morgan fingerprint density at radius 1 is 1.09 bits per heavy atom. The van der Waals surface area contributed by atoms with E-state index in [-0.39, 0.29) is 11.5 Å². The van der Waals surface area contributed by atoms with Gasteiger partial charge in [-0.2, -0.15) is 0 Å². The van der Waals surface area contributed by atoms with Crippen molar-refractivity contribution < 1.29 is 19.4 Å². The van der Waals surface area contributed by atoms with Crippen LogP contribution in [0.5, 0.6) is 17.2 Å². The second-order valence-electron chi connectivity index (χ2n) is 4.78. The van der Waals surface area contributed by atoms with Gasteiger partial charge < -0.3 is 14.6 Å². The van der Waals surface area contributed by atoms with Gasteiger partial charge in [0.15, 0.2) is 5.78 Å². The van der Waals surface area contributed by atoms with Gasteiger partial charge in [-0.25, -0.2) is 0 Å². The van der Waals surface area contributed by atoms with Crippen LogP contribution in [0.1, 0.15) is 21.5 Å². The third kappa shape index (κ3) is 3.28. The summed E-state index contributed by atoms with van der Waals surface area (Å²) in [6, 6.07) is 10.2. The fraction of sp³-hybridized carbons (Fsp3) is 0.167. The molecular weight excluding hydrogens is 280 g/mol. The molecule has 22 heavy (non-hydrogen) atoms. The number of phenols is 1. The maximum absolute atomic E-state index is 12.4. The highest BCUT2D eigenvalue weighted by Crippen LogP contribution is 2.29. The predicted molar refractivity (Wildman–Crippen MR) is 85.8 cm³/mol. The summed E-state index contributed by atoms with van der Waals surface area (Å²) in [5.41, 5.74) is 1.88. The topological polar surface area (TPSA) is 55.8 Å². The average Bonchev–Trinajstić information content (AvgIpc) is 2.53. The molecular formula is C18H18O4. The first-order chi connectivity index (χ1) is 10.6. The number of benzene rings is 2. The lowest BCUT2D eigenvalue weighted by molar-refractivity contribution is 0.104. The number of phenolic OH excluding ortho intramolecular Hbond substituents is 1. The highest BCUT2D eigenvalue weighted by atomic mass is 16.5. The lowest BCUT2D eigenvalue weighted by Gasteiger charge is -2.11. The van der Waals surface area contributed by atoms with Crippen LogP contribution in [0.4, 0.5) is 0 Å². The smallest absolute Gasteiger partial charge is 0.189 e. The number of aryl methyl sites for hydroxylation is 1. The molecule has 2 aromatic carbocycles. The first-order valence-corrected chi connectivity index (χ1v) is 6.80. The molecule has 2 aromatic rings. The zero-order chi connectivity index (χ0) is 16.1. The molecule has 2 rings (SSSR count). The van der Waals surface area contributed by atoms with Crippen LogP contribution in [0.2, 0.25) is 0 Å². The van der Waals surface area contributed by atoms with Crippen molar-refractivity contribution in [3.8, 4) is 17.2 Å². The van der Waals surface area contributed by atoms with Crippen LogP contribution in [-0.4, -0.2) is 25.1 Å². The fourth-order valence-electron chi connectivity index (χ4n) is 2.13. The Bertz CT molecular complexity index is 717. The van der Waals surface area contributed by atoms with Gasteiger partial charge in [0.25, 0.3) is 0 Å². The van der Waals surface area contributed by atoms with Crippen molar-refractivity contribution in [2.24, 2.45) is 0 Å². The van der Waals surface area contributed by atoms with E-state index >= 15 is 0 Å². The summed E-state index contributed by atoms with van der Waals surface area (Å²) in [4.78, 5) is 12.4. The molecule has 0 aromatic heterocycles. The first kappa shape index (κ1) is 15.6. The molecule has 0 saturated carbocycles. The van der Waals surface area contributed by atoms with Gasteiger partial charge in [-0.15, -0.1) is 0 Å². The number of para-hydroxylation sites is 1. The molecule has 0 saturated heterocycles. The average molecular weight is 298 g/mol. The molecule has 4 heteroatoms. The number of rotatable bonds is 5. The normalized spacial score (nSPS) is 10.7. The van der Waals surface area contributed by atoms with Gasteiger partial charge >= 0.3 is 0 Å². The van der Waals surface area contributed by atoms with Gasteiger partial charge in [0.05, 0.1) is 19.8 Å². The van der Waals surface area contributed by atoms with Crippen LogP contribution in [0.15, 0.2) is 42.5 Å². The van der Waals surface area contributed by atoms with Crippen LogP contribution in [0.3, 0.4) is 0 Å². The molecule has 0 unspecified atom stereocenters. The van der Waals surface area contributed by atoms with Crippen molar-refractivity contribution in [3.05, 3.63) is 59.2 Å². The number of carbonyl (C=O) groups excluding carboxylic acids is 1. The Hall–Kier alpha value is -2.75. The number of methoxy groups -OCH3 is 2. The van der Waals surface area contributed by atoms with Crippen molar-refractivity contribution in [3.63, 3.8) is 0 Å². The Labute approximate surface area is 129 Å². The Morgan fingerprint density at radius 3 is 2.41 bits per heavy atom. The standard InChI is InChI=1S/C18H18O4/c1-12-10-14(18(22-3)11-17(12)21-2)16(20)9-8-13-6-4-5-7-15(13)19/h4-11,19H,1-3H3. The lowest BCUT2D eigenvalue weighted by atomic mass is 10.0. The monoisotopic (exact) mass is 298 g/mol. The maximum Gasteiger partial charge on any atom is 0.189 e. The van der Waals surface area contributed by atoms with E-state index in [1.54, 1.807) is 49.6 Å². The zero-order valence-corrected chi connectivity index (χ0v) is 12.8. The summed E-state index contributed by atoms with van der Waals surface area (Å²) in [6.45, 7) is 1.86. The molecule has 0 atom stereocenters. The van der Waals surface area contributed by atoms with Crippen LogP contribution in [0, 0.1) is 6.92 Å². The predicted octanol–water partition coefficient (Wildman–Crippen LogP) is 3.61. The number of carbonyl (C=O) groups is 1. The van der Waals surface area contributed by atoms with Crippen molar-refractivity contribution >= 4 is 11.9 Å². The van der Waals surface area contributed by atoms with Gasteiger partial charge in [0.2, 0.25) is 0 Å². The molecule has 0 fully saturated rings. The minimum Gasteiger partial charge on any atom is -0.507 e. The van der Waals surface area contributed by atoms with E-state index in [4.69, 9.17) is 9.47 Å². The van der Waals surface area contributed by atoms with E-state index < -0.39 is 0 Å². The van der Waals surface area contributed by atoms with Crippen molar-refractivity contribution in [1.82, 2.24) is 0 Å². The molecule has 0 radical (unpaired) electrons. The summed E-state index contributed by atoms with van der Waals surface area (Å²) < 4.78 is 10.5. The number of ketones is 1.